The van der Waals surface area contributed by atoms with Crippen LogP contribution in [-0.2, 0) is 0 Å². The fourth-order valence-corrected chi connectivity index (χ4v) is 1.08. The standard InChI is InChI=1S/C8H7BrN2O3/c9-3-7(12)6-2-1-5(4-11-6)14-8(10)13/h1-2,4H,3H2,(H2,10,13). The van der Waals surface area contributed by atoms with E-state index in [9.17, 15) is 9.59 Å². The van der Waals surface area contributed by atoms with Crippen molar-refractivity contribution in [2.24, 2.45) is 5.73 Å². The van der Waals surface area contributed by atoms with E-state index in [0.29, 0.717) is 5.69 Å². The Morgan fingerprint density at radius 3 is 2.64 bits per heavy atom. The minimum Gasteiger partial charge on any atom is -0.409 e. The number of hydrogen-bond acceptors (Lipinski definition) is 4. The lowest BCUT2D eigenvalue weighted by Gasteiger charge is -2.00. The molecule has 0 aliphatic rings. The summed E-state index contributed by atoms with van der Waals surface area (Å²) in [5, 5.41) is 0.204. The largest absolute Gasteiger partial charge is 0.410 e. The van der Waals surface area contributed by atoms with Crippen LogP contribution >= 0.6 is 15.9 Å². The Hall–Kier alpha value is -1.43. The molecule has 0 fully saturated rings. The molecule has 0 unspecified atom stereocenters. The number of Topliss-reactive ketones (excluding diaryl/α,β-unsaturated/α-hetero) is 1. The van der Waals surface area contributed by atoms with E-state index in [4.69, 9.17) is 5.73 Å². The number of ether oxygens (including phenoxy) is 1. The summed E-state index contributed by atoms with van der Waals surface area (Å²) in [5.41, 5.74) is 5.09. The number of hydrogen-bond donors (Lipinski definition) is 1. The van der Waals surface area contributed by atoms with Gasteiger partial charge in [-0.15, -0.1) is 0 Å². The molecule has 0 atom stereocenters. The first-order valence-corrected chi connectivity index (χ1v) is 4.78. The number of carbonyl (C=O) groups is 2. The van der Waals surface area contributed by atoms with Gasteiger partial charge in [-0.1, -0.05) is 15.9 Å². The fraction of sp³-hybridized carbons (Fsp3) is 0.125. The summed E-state index contributed by atoms with van der Waals surface area (Å²) < 4.78 is 4.54. The average molecular weight is 259 g/mol. The topological polar surface area (TPSA) is 82.3 Å². The van der Waals surface area contributed by atoms with Crippen molar-refractivity contribution < 1.29 is 14.3 Å². The SMILES string of the molecule is NC(=O)Oc1ccc(C(=O)CBr)nc1. The van der Waals surface area contributed by atoms with Gasteiger partial charge < -0.3 is 10.5 Å². The Bertz CT molecular complexity index is 350. The predicted molar refractivity (Wildman–Crippen MR) is 52.6 cm³/mol. The van der Waals surface area contributed by atoms with Crippen molar-refractivity contribution in [3.63, 3.8) is 0 Å². The van der Waals surface area contributed by atoms with Crippen LogP contribution in [0.1, 0.15) is 10.5 Å². The first kappa shape index (κ1) is 10.6. The van der Waals surface area contributed by atoms with Gasteiger partial charge in [0.1, 0.15) is 5.69 Å². The maximum atomic E-state index is 11.1. The second-order valence-electron chi connectivity index (χ2n) is 2.36. The minimum atomic E-state index is -0.911. The van der Waals surface area contributed by atoms with E-state index in [1.807, 2.05) is 0 Å². The molecule has 0 saturated carbocycles. The lowest BCUT2D eigenvalue weighted by atomic mass is 10.3. The number of alkyl halides is 1. The Kier molecular flexibility index (Phi) is 3.58. The van der Waals surface area contributed by atoms with Crippen LogP contribution < -0.4 is 10.5 Å². The van der Waals surface area contributed by atoms with Gasteiger partial charge in [-0.2, -0.15) is 0 Å². The number of rotatable bonds is 3. The Morgan fingerprint density at radius 1 is 1.50 bits per heavy atom. The summed E-state index contributed by atoms with van der Waals surface area (Å²) in [5.74, 6) is 0.0687. The predicted octanol–water partition coefficient (Wildman–Crippen LogP) is 1.12. The van der Waals surface area contributed by atoms with E-state index in [-0.39, 0.29) is 16.9 Å². The number of nitrogens with zero attached hydrogens (tertiary/aromatic N) is 1. The molecular weight excluding hydrogens is 252 g/mol. The van der Waals surface area contributed by atoms with Crippen LogP contribution in [0.5, 0.6) is 5.75 Å². The summed E-state index contributed by atoms with van der Waals surface area (Å²) >= 11 is 3.02. The molecule has 0 aliphatic carbocycles. The quantitative estimate of drug-likeness (QED) is 0.651. The molecule has 0 spiro atoms. The number of pyridine rings is 1. The zero-order valence-electron chi connectivity index (χ0n) is 7.07. The molecule has 0 bridgehead atoms. The highest BCUT2D eigenvalue weighted by atomic mass is 79.9. The minimum absolute atomic E-state index is 0.143. The van der Waals surface area contributed by atoms with Crippen LogP contribution in [0.4, 0.5) is 4.79 Å². The van der Waals surface area contributed by atoms with Gasteiger partial charge in [0.05, 0.1) is 11.5 Å². The molecule has 14 heavy (non-hydrogen) atoms. The third-order valence-electron chi connectivity index (χ3n) is 1.36. The Morgan fingerprint density at radius 2 is 2.21 bits per heavy atom. The first-order valence-electron chi connectivity index (χ1n) is 3.66. The van der Waals surface area contributed by atoms with Crippen LogP contribution in [0, 0.1) is 0 Å². The molecule has 5 nitrogen and oxygen atoms in total. The molecule has 0 saturated heterocycles. The maximum absolute atomic E-state index is 11.1. The van der Waals surface area contributed by atoms with Crippen molar-refractivity contribution in [2.75, 3.05) is 5.33 Å². The molecule has 74 valence electrons. The lowest BCUT2D eigenvalue weighted by Crippen LogP contribution is -2.16. The van der Waals surface area contributed by atoms with Crippen molar-refractivity contribution in [2.45, 2.75) is 0 Å². The molecule has 1 rings (SSSR count). The molecule has 2 N–H and O–H groups in total. The van der Waals surface area contributed by atoms with E-state index in [1.165, 1.54) is 18.3 Å². The molecule has 1 aromatic rings. The summed E-state index contributed by atoms with van der Waals surface area (Å²) in [7, 11) is 0. The maximum Gasteiger partial charge on any atom is 0.410 e. The van der Waals surface area contributed by atoms with E-state index in [0.717, 1.165) is 0 Å². The van der Waals surface area contributed by atoms with Crippen molar-refractivity contribution in [1.82, 2.24) is 4.98 Å². The third kappa shape index (κ3) is 2.81. The van der Waals surface area contributed by atoms with Gasteiger partial charge in [0.2, 0.25) is 0 Å². The second-order valence-corrected chi connectivity index (χ2v) is 2.92. The van der Waals surface area contributed by atoms with Gasteiger partial charge in [0.15, 0.2) is 11.5 Å². The first-order chi connectivity index (χ1) is 6.63. The van der Waals surface area contributed by atoms with Crippen LogP contribution in [0.3, 0.4) is 0 Å². The molecule has 1 amide bonds. The zero-order valence-corrected chi connectivity index (χ0v) is 8.65. The number of amides is 1. The van der Waals surface area contributed by atoms with E-state index >= 15 is 0 Å². The monoisotopic (exact) mass is 258 g/mol. The summed E-state index contributed by atoms with van der Waals surface area (Å²) in [4.78, 5) is 25.2. The molecule has 6 heteroatoms. The van der Waals surface area contributed by atoms with E-state index in [2.05, 4.69) is 25.7 Å². The van der Waals surface area contributed by atoms with Crippen LogP contribution in [0.25, 0.3) is 0 Å². The van der Waals surface area contributed by atoms with Gasteiger partial charge in [0.25, 0.3) is 0 Å². The lowest BCUT2D eigenvalue weighted by molar-refractivity contribution is 0.101. The number of primary amides is 1. The van der Waals surface area contributed by atoms with E-state index < -0.39 is 6.09 Å². The number of carbonyl (C=O) groups excluding carboxylic acids is 2. The normalized spacial score (nSPS) is 9.50. The zero-order chi connectivity index (χ0) is 10.6. The van der Waals surface area contributed by atoms with Gasteiger partial charge in [-0.3, -0.25) is 4.79 Å². The molecule has 0 aromatic carbocycles. The number of nitrogens with two attached hydrogens (primary N) is 1. The van der Waals surface area contributed by atoms with Crippen molar-refractivity contribution in [3.05, 3.63) is 24.0 Å². The van der Waals surface area contributed by atoms with Gasteiger partial charge in [0, 0.05) is 0 Å². The van der Waals surface area contributed by atoms with Gasteiger partial charge >= 0.3 is 6.09 Å². The highest BCUT2D eigenvalue weighted by molar-refractivity contribution is 9.09. The smallest absolute Gasteiger partial charge is 0.409 e. The number of ketones is 1. The number of aromatic nitrogens is 1. The molecule has 0 radical (unpaired) electrons. The highest BCUT2D eigenvalue weighted by Crippen LogP contribution is 2.09. The highest BCUT2D eigenvalue weighted by Gasteiger charge is 2.06. The molecule has 0 aliphatic heterocycles. The van der Waals surface area contributed by atoms with E-state index in [1.54, 1.807) is 0 Å². The van der Waals surface area contributed by atoms with Gasteiger partial charge in [-0.05, 0) is 12.1 Å². The average Bonchev–Trinajstić information content (AvgIpc) is 2.17. The molecule has 1 heterocycles. The summed E-state index contributed by atoms with van der Waals surface area (Å²) in [6, 6.07) is 2.91. The van der Waals surface area contributed by atoms with Crippen molar-refractivity contribution in [1.29, 1.82) is 0 Å². The Balaban J connectivity index is 2.78. The van der Waals surface area contributed by atoms with Gasteiger partial charge in [-0.25, -0.2) is 9.78 Å². The number of halogens is 1. The molecule has 1 aromatic heterocycles. The van der Waals surface area contributed by atoms with Crippen LogP contribution in [0.15, 0.2) is 18.3 Å². The van der Waals surface area contributed by atoms with Crippen LogP contribution in [0.2, 0.25) is 0 Å². The van der Waals surface area contributed by atoms with Crippen LogP contribution in [-0.4, -0.2) is 22.2 Å². The fourth-order valence-electron chi connectivity index (χ4n) is 0.790. The second kappa shape index (κ2) is 4.71. The Labute approximate surface area is 88.4 Å². The molecular formula is C8H7BrN2O3. The third-order valence-corrected chi connectivity index (χ3v) is 1.87. The summed E-state index contributed by atoms with van der Waals surface area (Å²) in [6.07, 6.45) is 0.354. The van der Waals surface area contributed by atoms with Crippen molar-refractivity contribution >= 4 is 27.8 Å². The summed E-state index contributed by atoms with van der Waals surface area (Å²) in [6.45, 7) is 0. The van der Waals surface area contributed by atoms with Crippen molar-refractivity contribution in [3.8, 4) is 5.75 Å².